The topological polar surface area (TPSA) is 102 Å². The van der Waals surface area contributed by atoms with E-state index in [-0.39, 0.29) is 53.7 Å². The van der Waals surface area contributed by atoms with Gasteiger partial charge in [-0.3, -0.25) is 10.2 Å². The number of nitrogens with zero attached hydrogens (tertiary/aromatic N) is 5. The number of carbonyl (C=O) groups excluding carboxylic acids is 1. The molecule has 2 aromatic heterocycles. The molecular weight excluding hydrogens is 553 g/mol. The van der Waals surface area contributed by atoms with Crippen molar-refractivity contribution in [2.45, 2.75) is 31.2 Å². The van der Waals surface area contributed by atoms with E-state index < -0.39 is 17.8 Å². The van der Waals surface area contributed by atoms with E-state index in [1.807, 2.05) is 0 Å². The number of nitrogens with one attached hydrogen (secondary N) is 1. The van der Waals surface area contributed by atoms with Crippen molar-refractivity contribution in [1.29, 1.82) is 0 Å². The predicted octanol–water partition coefficient (Wildman–Crippen LogP) is 4.98. The molecule has 2 saturated heterocycles. The third-order valence-corrected chi connectivity index (χ3v) is 7.19. The Labute approximate surface area is 232 Å². The normalized spacial score (nSPS) is 20.3. The fraction of sp³-hybridized carbons (Fsp3) is 0.385. The summed E-state index contributed by atoms with van der Waals surface area (Å²) < 4.78 is 56.3. The fourth-order valence-electron chi connectivity index (χ4n) is 5.03. The summed E-state index contributed by atoms with van der Waals surface area (Å²) in [6.07, 6.45) is -1.72. The number of hydrogen-bond acceptors (Lipinski definition) is 8. The standard InChI is InChI=1S/C26H24ClF3N6O4/c27-19-10-20-23(33-22(19)15-3-1-4-16(9-15)26(28,29)30)36(17-5-2-8-35(20)11-17)25(37)34-24-31-7-6-21(32-24)39-13-18-12-38-14-40-18/h1,3-4,6-7,9-10,17-18H,2,5,8,11-14H2,(H,31,32,34,37)/t17-,18+/m0/s1. The summed E-state index contributed by atoms with van der Waals surface area (Å²) in [6, 6.07) is 7.26. The van der Waals surface area contributed by atoms with Gasteiger partial charge in [-0.1, -0.05) is 23.7 Å². The number of anilines is 3. The number of rotatable bonds is 5. The van der Waals surface area contributed by atoms with Crippen LogP contribution in [0.1, 0.15) is 18.4 Å². The van der Waals surface area contributed by atoms with Crippen LogP contribution in [-0.2, 0) is 15.7 Å². The van der Waals surface area contributed by atoms with Gasteiger partial charge in [0.15, 0.2) is 5.82 Å². The highest BCUT2D eigenvalue weighted by molar-refractivity contribution is 6.33. The number of alkyl halides is 3. The zero-order valence-corrected chi connectivity index (χ0v) is 21.8. The van der Waals surface area contributed by atoms with Crippen molar-refractivity contribution in [1.82, 2.24) is 15.0 Å². The van der Waals surface area contributed by atoms with Crippen LogP contribution in [0, 0.1) is 0 Å². The van der Waals surface area contributed by atoms with Gasteiger partial charge in [-0.25, -0.2) is 14.8 Å². The number of ether oxygens (including phenoxy) is 3. The van der Waals surface area contributed by atoms with Gasteiger partial charge in [0, 0.05) is 30.9 Å². The molecule has 6 rings (SSSR count). The number of piperidine rings is 1. The molecule has 5 heterocycles. The van der Waals surface area contributed by atoms with E-state index >= 15 is 0 Å². The van der Waals surface area contributed by atoms with Crippen LogP contribution < -0.4 is 19.9 Å². The summed E-state index contributed by atoms with van der Waals surface area (Å²) in [5.41, 5.74) is 0.152. The van der Waals surface area contributed by atoms with Crippen molar-refractivity contribution >= 4 is 35.1 Å². The third-order valence-electron chi connectivity index (χ3n) is 6.91. The first-order valence-electron chi connectivity index (χ1n) is 12.6. The van der Waals surface area contributed by atoms with Gasteiger partial charge in [0.2, 0.25) is 11.8 Å². The van der Waals surface area contributed by atoms with Gasteiger partial charge in [0.1, 0.15) is 19.5 Å². The first-order valence-corrected chi connectivity index (χ1v) is 13.0. The molecule has 210 valence electrons. The number of aromatic nitrogens is 3. The first kappa shape index (κ1) is 26.5. The number of fused-ring (bicyclic) bond motifs is 4. The smallest absolute Gasteiger partial charge is 0.416 e. The average Bonchev–Trinajstić information content (AvgIpc) is 3.46. The molecule has 14 heteroatoms. The van der Waals surface area contributed by atoms with Crippen LogP contribution in [0.5, 0.6) is 5.88 Å². The summed E-state index contributed by atoms with van der Waals surface area (Å²) in [5, 5.41) is 2.90. The molecule has 3 aliphatic heterocycles. The van der Waals surface area contributed by atoms with Gasteiger partial charge in [0.05, 0.1) is 34.6 Å². The number of amides is 2. The minimum atomic E-state index is -4.53. The Morgan fingerprint density at radius 3 is 2.90 bits per heavy atom. The lowest BCUT2D eigenvalue weighted by Crippen LogP contribution is -2.56. The van der Waals surface area contributed by atoms with Crippen molar-refractivity contribution in [3.05, 3.63) is 53.2 Å². The minimum absolute atomic E-state index is 0.0259. The number of pyridine rings is 1. The molecule has 40 heavy (non-hydrogen) atoms. The molecule has 0 radical (unpaired) electrons. The van der Waals surface area contributed by atoms with E-state index in [0.29, 0.717) is 24.7 Å². The average molecular weight is 577 g/mol. The number of carbonyl (C=O) groups is 1. The van der Waals surface area contributed by atoms with E-state index in [4.69, 9.17) is 25.8 Å². The molecule has 2 bridgehead atoms. The Hall–Kier alpha value is -3.68. The van der Waals surface area contributed by atoms with Crippen LogP contribution in [0.25, 0.3) is 11.3 Å². The summed E-state index contributed by atoms with van der Waals surface area (Å²) in [4.78, 5) is 30.3. The van der Waals surface area contributed by atoms with Crippen molar-refractivity contribution in [2.24, 2.45) is 0 Å². The second kappa shape index (κ2) is 10.7. The van der Waals surface area contributed by atoms with Crippen molar-refractivity contribution in [2.75, 3.05) is 48.2 Å². The number of benzene rings is 1. The molecular formula is C26H24ClF3N6O4. The summed E-state index contributed by atoms with van der Waals surface area (Å²) >= 11 is 6.55. The second-order valence-corrected chi connectivity index (χ2v) is 10.00. The highest BCUT2D eigenvalue weighted by Crippen LogP contribution is 2.43. The Morgan fingerprint density at radius 2 is 2.10 bits per heavy atom. The molecule has 2 fully saturated rings. The quantitative estimate of drug-likeness (QED) is 0.454. The lowest BCUT2D eigenvalue weighted by atomic mass is 9.99. The zero-order valence-electron chi connectivity index (χ0n) is 21.0. The van der Waals surface area contributed by atoms with Crippen LogP contribution in [0.2, 0.25) is 5.02 Å². The van der Waals surface area contributed by atoms with Gasteiger partial charge in [-0.2, -0.15) is 18.2 Å². The maximum absolute atomic E-state index is 13.6. The zero-order chi connectivity index (χ0) is 27.9. The number of halogens is 4. The molecule has 3 aromatic rings. The van der Waals surface area contributed by atoms with Gasteiger partial charge >= 0.3 is 12.2 Å². The fourth-order valence-corrected chi connectivity index (χ4v) is 5.28. The first-order chi connectivity index (χ1) is 19.3. The van der Waals surface area contributed by atoms with Crippen LogP contribution >= 0.6 is 11.6 Å². The molecule has 10 nitrogen and oxygen atoms in total. The molecule has 0 unspecified atom stereocenters. The Morgan fingerprint density at radius 1 is 1.23 bits per heavy atom. The van der Waals surface area contributed by atoms with Gasteiger partial charge < -0.3 is 19.1 Å². The SMILES string of the molecule is O=C(Nc1nccc(OC[C@H]2COCO2)n1)N1c2nc(-c3cccc(C(F)(F)F)c3)c(Cl)cc2N2CCC[C@H]1C2. The van der Waals surface area contributed by atoms with E-state index in [0.717, 1.165) is 31.5 Å². The molecule has 2 amide bonds. The molecule has 0 saturated carbocycles. The lowest BCUT2D eigenvalue weighted by molar-refractivity contribution is -0.137. The van der Waals surface area contributed by atoms with E-state index in [2.05, 4.69) is 25.2 Å². The van der Waals surface area contributed by atoms with E-state index in [1.165, 1.54) is 23.2 Å². The Bertz CT molecular complexity index is 1420. The van der Waals surface area contributed by atoms with Crippen LogP contribution in [0.15, 0.2) is 42.6 Å². The monoisotopic (exact) mass is 576 g/mol. The molecule has 0 spiro atoms. The molecule has 3 aliphatic rings. The maximum Gasteiger partial charge on any atom is 0.416 e. The highest BCUT2D eigenvalue weighted by Gasteiger charge is 2.39. The Kier molecular flexibility index (Phi) is 7.11. The summed E-state index contributed by atoms with van der Waals surface area (Å²) in [6.45, 7) is 2.17. The minimum Gasteiger partial charge on any atom is -0.475 e. The van der Waals surface area contributed by atoms with Gasteiger partial charge in [0.25, 0.3) is 0 Å². The molecule has 0 aliphatic carbocycles. The van der Waals surface area contributed by atoms with Crippen LogP contribution in [-0.4, -0.2) is 66.2 Å². The van der Waals surface area contributed by atoms with E-state index in [1.54, 1.807) is 12.1 Å². The van der Waals surface area contributed by atoms with Crippen molar-refractivity contribution in [3.63, 3.8) is 0 Å². The van der Waals surface area contributed by atoms with Crippen molar-refractivity contribution < 1.29 is 32.2 Å². The predicted molar refractivity (Wildman–Crippen MR) is 140 cm³/mol. The lowest BCUT2D eigenvalue weighted by Gasteiger charge is -2.45. The molecule has 1 aromatic carbocycles. The van der Waals surface area contributed by atoms with Crippen molar-refractivity contribution in [3.8, 4) is 17.1 Å². The van der Waals surface area contributed by atoms with Gasteiger partial charge in [-0.05, 0) is 31.0 Å². The van der Waals surface area contributed by atoms with Crippen LogP contribution in [0.3, 0.4) is 0 Å². The van der Waals surface area contributed by atoms with Crippen LogP contribution in [0.4, 0.5) is 35.4 Å². The molecule has 2 atom stereocenters. The third kappa shape index (κ3) is 5.36. The van der Waals surface area contributed by atoms with Gasteiger partial charge in [-0.15, -0.1) is 0 Å². The number of urea groups is 1. The Balaban J connectivity index is 1.30. The largest absolute Gasteiger partial charge is 0.475 e. The van der Waals surface area contributed by atoms with E-state index in [9.17, 15) is 18.0 Å². The summed E-state index contributed by atoms with van der Waals surface area (Å²) in [5.74, 6) is 0.578. The maximum atomic E-state index is 13.6. The highest BCUT2D eigenvalue weighted by atomic mass is 35.5. The second-order valence-electron chi connectivity index (χ2n) is 9.59. The molecule has 1 N–H and O–H groups in total. The summed E-state index contributed by atoms with van der Waals surface area (Å²) in [7, 11) is 0. The number of hydrogen-bond donors (Lipinski definition) is 1.